The Kier molecular flexibility index (Phi) is 3.26. The molecule has 88 valence electrons. The molecule has 2 heterocycles. The maximum atomic E-state index is 6.20. The van der Waals surface area contributed by atoms with Crippen LogP contribution in [0.3, 0.4) is 0 Å². The number of aromatic nitrogens is 1. The standard InChI is InChI=1S/C13H21N3/c1-9(2)16-7-6-11(14)13(16)12-5-4-10(3)8-15-12/h4-5,8-9,11,13H,6-7,14H2,1-3H3/t11-,13-/m1/s1. The Hall–Kier alpha value is -0.930. The van der Waals surface area contributed by atoms with E-state index in [1.54, 1.807) is 0 Å². The van der Waals surface area contributed by atoms with Crippen LogP contribution in [0, 0.1) is 6.92 Å². The van der Waals surface area contributed by atoms with E-state index in [-0.39, 0.29) is 6.04 Å². The van der Waals surface area contributed by atoms with Crippen molar-refractivity contribution in [3.05, 3.63) is 29.6 Å². The van der Waals surface area contributed by atoms with Crippen LogP contribution in [-0.2, 0) is 0 Å². The summed E-state index contributed by atoms with van der Waals surface area (Å²) in [5, 5.41) is 0. The van der Waals surface area contributed by atoms with Crippen LogP contribution in [0.2, 0.25) is 0 Å². The Morgan fingerprint density at radius 3 is 2.75 bits per heavy atom. The van der Waals surface area contributed by atoms with E-state index in [0.29, 0.717) is 12.1 Å². The quantitative estimate of drug-likeness (QED) is 0.825. The summed E-state index contributed by atoms with van der Waals surface area (Å²) in [6.45, 7) is 7.59. The van der Waals surface area contributed by atoms with Gasteiger partial charge in [-0.25, -0.2) is 0 Å². The van der Waals surface area contributed by atoms with Gasteiger partial charge in [-0.3, -0.25) is 9.88 Å². The first kappa shape index (κ1) is 11.6. The molecule has 3 heteroatoms. The van der Waals surface area contributed by atoms with Gasteiger partial charge < -0.3 is 5.73 Å². The van der Waals surface area contributed by atoms with Gasteiger partial charge in [0.15, 0.2) is 0 Å². The van der Waals surface area contributed by atoms with Crippen LogP contribution in [0.25, 0.3) is 0 Å². The van der Waals surface area contributed by atoms with E-state index in [1.165, 1.54) is 5.56 Å². The lowest BCUT2D eigenvalue weighted by Crippen LogP contribution is -2.36. The van der Waals surface area contributed by atoms with Crippen LogP contribution in [0.5, 0.6) is 0 Å². The molecule has 1 aromatic rings. The highest BCUT2D eigenvalue weighted by Crippen LogP contribution is 2.31. The minimum atomic E-state index is 0.220. The zero-order valence-corrected chi connectivity index (χ0v) is 10.4. The fourth-order valence-corrected chi connectivity index (χ4v) is 2.46. The maximum Gasteiger partial charge on any atom is 0.0676 e. The van der Waals surface area contributed by atoms with E-state index in [1.807, 2.05) is 6.20 Å². The van der Waals surface area contributed by atoms with Gasteiger partial charge >= 0.3 is 0 Å². The van der Waals surface area contributed by atoms with Gasteiger partial charge in [0, 0.05) is 24.8 Å². The van der Waals surface area contributed by atoms with Gasteiger partial charge in [0.2, 0.25) is 0 Å². The van der Waals surface area contributed by atoms with Crippen molar-refractivity contribution in [2.24, 2.45) is 5.73 Å². The van der Waals surface area contributed by atoms with Crippen molar-refractivity contribution in [3.8, 4) is 0 Å². The van der Waals surface area contributed by atoms with E-state index < -0.39 is 0 Å². The third-order valence-electron chi connectivity index (χ3n) is 3.38. The van der Waals surface area contributed by atoms with E-state index in [4.69, 9.17) is 5.73 Å². The van der Waals surface area contributed by atoms with E-state index in [2.05, 4.69) is 42.8 Å². The molecule has 0 unspecified atom stereocenters. The van der Waals surface area contributed by atoms with Gasteiger partial charge in [0.05, 0.1) is 11.7 Å². The SMILES string of the molecule is Cc1ccc([C@H]2[C@H](N)CCN2C(C)C)nc1. The maximum absolute atomic E-state index is 6.20. The lowest BCUT2D eigenvalue weighted by Gasteiger charge is -2.29. The van der Waals surface area contributed by atoms with Crippen LogP contribution < -0.4 is 5.73 Å². The Labute approximate surface area is 97.7 Å². The summed E-state index contributed by atoms with van der Waals surface area (Å²) in [6.07, 6.45) is 3.00. The zero-order chi connectivity index (χ0) is 11.7. The molecule has 0 spiro atoms. The minimum absolute atomic E-state index is 0.220. The average molecular weight is 219 g/mol. The molecule has 0 bridgehead atoms. The second-order valence-corrected chi connectivity index (χ2v) is 4.99. The molecule has 2 N–H and O–H groups in total. The van der Waals surface area contributed by atoms with E-state index in [9.17, 15) is 0 Å². The largest absolute Gasteiger partial charge is 0.326 e. The molecule has 0 amide bonds. The minimum Gasteiger partial charge on any atom is -0.326 e. The highest BCUT2D eigenvalue weighted by molar-refractivity contribution is 5.18. The molecule has 2 rings (SSSR count). The normalized spacial score (nSPS) is 26.6. The first-order valence-corrected chi connectivity index (χ1v) is 6.03. The second-order valence-electron chi connectivity index (χ2n) is 4.99. The Balaban J connectivity index is 2.26. The molecule has 0 saturated carbocycles. The zero-order valence-electron chi connectivity index (χ0n) is 10.4. The molecule has 16 heavy (non-hydrogen) atoms. The molecular formula is C13H21N3. The first-order chi connectivity index (χ1) is 7.59. The fraction of sp³-hybridized carbons (Fsp3) is 0.615. The lowest BCUT2D eigenvalue weighted by atomic mass is 10.0. The number of nitrogens with two attached hydrogens (primary N) is 1. The molecule has 3 nitrogen and oxygen atoms in total. The van der Waals surface area contributed by atoms with Gasteiger partial charge in [-0.1, -0.05) is 6.07 Å². The molecule has 1 fully saturated rings. The monoisotopic (exact) mass is 219 g/mol. The number of nitrogens with zero attached hydrogens (tertiary/aromatic N) is 2. The lowest BCUT2D eigenvalue weighted by molar-refractivity contribution is 0.195. The summed E-state index contributed by atoms with van der Waals surface area (Å²) < 4.78 is 0. The van der Waals surface area contributed by atoms with Gasteiger partial charge in [0.1, 0.15) is 0 Å². The molecular weight excluding hydrogens is 198 g/mol. The molecule has 1 aliphatic heterocycles. The van der Waals surface area contributed by atoms with Crippen molar-refractivity contribution >= 4 is 0 Å². The molecule has 1 saturated heterocycles. The summed E-state index contributed by atoms with van der Waals surface area (Å²) in [5.74, 6) is 0. The molecule has 0 aliphatic carbocycles. The highest BCUT2D eigenvalue weighted by atomic mass is 15.2. The topological polar surface area (TPSA) is 42.1 Å². The molecule has 0 aromatic carbocycles. The van der Waals surface area contributed by atoms with Crippen molar-refractivity contribution in [2.75, 3.05) is 6.54 Å². The van der Waals surface area contributed by atoms with Crippen molar-refractivity contribution in [1.82, 2.24) is 9.88 Å². The molecule has 0 radical (unpaired) electrons. The van der Waals surface area contributed by atoms with E-state index in [0.717, 1.165) is 18.7 Å². The number of hydrogen-bond acceptors (Lipinski definition) is 3. The van der Waals surface area contributed by atoms with Crippen molar-refractivity contribution in [2.45, 2.75) is 45.3 Å². The Bertz CT molecular complexity index is 345. The number of likely N-dealkylation sites (tertiary alicyclic amines) is 1. The average Bonchev–Trinajstić information content (AvgIpc) is 2.62. The van der Waals surface area contributed by atoms with Crippen LogP contribution in [0.1, 0.15) is 37.6 Å². The summed E-state index contributed by atoms with van der Waals surface area (Å²) in [6, 6.07) is 5.27. The van der Waals surface area contributed by atoms with Crippen molar-refractivity contribution in [3.63, 3.8) is 0 Å². The molecule has 1 aliphatic rings. The third kappa shape index (κ3) is 2.11. The van der Waals surface area contributed by atoms with Crippen LogP contribution in [0.15, 0.2) is 18.3 Å². The third-order valence-corrected chi connectivity index (χ3v) is 3.38. The number of hydrogen-bond donors (Lipinski definition) is 1. The van der Waals surface area contributed by atoms with Gasteiger partial charge in [-0.15, -0.1) is 0 Å². The van der Waals surface area contributed by atoms with Crippen molar-refractivity contribution < 1.29 is 0 Å². The summed E-state index contributed by atoms with van der Waals surface area (Å²) in [4.78, 5) is 6.97. The number of rotatable bonds is 2. The molecule has 2 atom stereocenters. The predicted molar refractivity (Wildman–Crippen MR) is 66.1 cm³/mol. The smallest absolute Gasteiger partial charge is 0.0676 e. The Morgan fingerprint density at radius 1 is 1.44 bits per heavy atom. The summed E-state index contributed by atoms with van der Waals surface area (Å²) in [5.41, 5.74) is 8.51. The summed E-state index contributed by atoms with van der Waals surface area (Å²) in [7, 11) is 0. The summed E-state index contributed by atoms with van der Waals surface area (Å²) >= 11 is 0. The highest BCUT2D eigenvalue weighted by Gasteiger charge is 2.34. The van der Waals surface area contributed by atoms with Gasteiger partial charge in [-0.05, 0) is 38.8 Å². The van der Waals surface area contributed by atoms with Crippen LogP contribution in [0.4, 0.5) is 0 Å². The number of aryl methyl sites for hydroxylation is 1. The van der Waals surface area contributed by atoms with Crippen molar-refractivity contribution in [1.29, 1.82) is 0 Å². The van der Waals surface area contributed by atoms with Gasteiger partial charge in [-0.2, -0.15) is 0 Å². The number of pyridine rings is 1. The first-order valence-electron chi connectivity index (χ1n) is 6.03. The second kappa shape index (κ2) is 4.52. The predicted octanol–water partition coefficient (Wildman–Crippen LogP) is 1.87. The van der Waals surface area contributed by atoms with E-state index >= 15 is 0 Å². The van der Waals surface area contributed by atoms with Gasteiger partial charge in [0.25, 0.3) is 0 Å². The van der Waals surface area contributed by atoms with Crippen LogP contribution >= 0.6 is 0 Å². The molecule has 1 aromatic heterocycles. The Morgan fingerprint density at radius 2 is 2.19 bits per heavy atom. The fourth-order valence-electron chi connectivity index (χ4n) is 2.46. The van der Waals surface area contributed by atoms with Crippen LogP contribution in [-0.4, -0.2) is 28.5 Å².